The van der Waals surface area contributed by atoms with Crippen LogP contribution in [-0.2, 0) is 10.3 Å². The number of nitrogens with one attached hydrogen (secondary N) is 1. The van der Waals surface area contributed by atoms with Crippen molar-refractivity contribution in [2.45, 2.75) is 63.9 Å². The number of hydrogen-bond donors (Lipinski definition) is 3. The fraction of sp³-hybridized carbons (Fsp3) is 0.522. The van der Waals surface area contributed by atoms with Gasteiger partial charge in [0.2, 0.25) is 0 Å². The summed E-state index contributed by atoms with van der Waals surface area (Å²) in [7, 11) is 3.26. The summed E-state index contributed by atoms with van der Waals surface area (Å²) >= 11 is 0. The first-order valence-corrected chi connectivity index (χ1v) is 11.3. The third-order valence-corrected chi connectivity index (χ3v) is 6.92. The topological polar surface area (TPSA) is 109 Å². The van der Waals surface area contributed by atoms with Gasteiger partial charge in [0.05, 0.1) is 11.4 Å². The van der Waals surface area contributed by atoms with Gasteiger partial charge in [-0.3, -0.25) is 0 Å². The van der Waals surface area contributed by atoms with Crippen LogP contribution in [0.1, 0.15) is 50.7 Å². The van der Waals surface area contributed by atoms with Gasteiger partial charge in [0.1, 0.15) is 19.3 Å². The van der Waals surface area contributed by atoms with Crippen molar-refractivity contribution in [1.82, 2.24) is 15.2 Å². The fourth-order valence-corrected chi connectivity index (χ4v) is 5.27. The fourth-order valence-electron chi connectivity index (χ4n) is 5.27. The van der Waals surface area contributed by atoms with Crippen LogP contribution in [0.5, 0.6) is 0 Å². The normalized spacial score (nSPS) is 22.8. The van der Waals surface area contributed by atoms with Crippen LogP contribution in [-0.4, -0.2) is 54.0 Å². The van der Waals surface area contributed by atoms with Gasteiger partial charge in [0.25, 0.3) is 0 Å². The summed E-state index contributed by atoms with van der Waals surface area (Å²) in [5, 5.41) is 17.3. The molecule has 1 heterocycles. The van der Waals surface area contributed by atoms with Gasteiger partial charge in [0.15, 0.2) is 0 Å². The van der Waals surface area contributed by atoms with Gasteiger partial charge in [-0.25, -0.2) is 9.97 Å². The minimum absolute atomic E-state index is 0.381. The van der Waals surface area contributed by atoms with Gasteiger partial charge in [-0.1, -0.05) is 11.2 Å². The molecule has 1 aromatic heterocycles. The second kappa shape index (κ2) is 8.71. The number of hydrogen-bond acceptors (Lipinski definition) is 8. The molecular formula is C23H33BN6O2. The van der Waals surface area contributed by atoms with Crippen LogP contribution in [0.4, 0.5) is 11.5 Å². The van der Waals surface area contributed by atoms with Crippen LogP contribution in [0.15, 0.2) is 29.7 Å². The maximum Gasteiger partial charge on any atom is 0.373 e. The Kier molecular flexibility index (Phi) is 6.14. The first kappa shape index (κ1) is 22.5. The predicted molar refractivity (Wildman–Crippen MR) is 130 cm³/mol. The van der Waals surface area contributed by atoms with Gasteiger partial charge in [0, 0.05) is 40.9 Å². The molecule has 2 aromatic rings. The van der Waals surface area contributed by atoms with Crippen LogP contribution in [0.3, 0.4) is 0 Å². The average molecular weight is 436 g/mol. The van der Waals surface area contributed by atoms with Crippen molar-refractivity contribution in [3.05, 3.63) is 35.7 Å². The molecule has 32 heavy (non-hydrogen) atoms. The number of anilines is 2. The zero-order chi connectivity index (χ0) is 23.0. The summed E-state index contributed by atoms with van der Waals surface area (Å²) < 4.78 is 0. The van der Waals surface area contributed by atoms with Crippen molar-refractivity contribution in [1.29, 1.82) is 0 Å². The lowest BCUT2D eigenvalue weighted by Crippen LogP contribution is -2.45. The molecule has 1 saturated carbocycles. The highest BCUT2D eigenvalue weighted by atomic mass is 16.6. The Hall–Kier alpha value is -2.65. The van der Waals surface area contributed by atoms with Crippen LogP contribution < -0.4 is 15.9 Å². The van der Waals surface area contributed by atoms with Gasteiger partial charge < -0.3 is 25.7 Å². The summed E-state index contributed by atoms with van der Waals surface area (Å²) in [4.78, 5) is 16.4. The van der Waals surface area contributed by atoms with E-state index in [2.05, 4.69) is 64.3 Å². The molecule has 9 heteroatoms. The number of aromatic nitrogens is 2. The molecule has 0 unspecified atom stereocenters. The number of nitrogens with two attached hydrogens (primary N) is 1. The van der Waals surface area contributed by atoms with Crippen molar-refractivity contribution in [2.75, 3.05) is 24.8 Å². The van der Waals surface area contributed by atoms with Gasteiger partial charge in [-0.15, -0.1) is 0 Å². The molecule has 0 amide bonds. The average Bonchev–Trinajstić information content (AvgIpc) is 2.75. The monoisotopic (exact) mass is 436 g/mol. The molecule has 0 spiro atoms. The standard InChI is InChI=1S/C23H33BN6O2/c1-23(2)19-20(26-13-27-22(19)25)17-11-10-16(12-18(17)21(23)29-32-5)30(4)15-8-6-14(7-9-15)28-24(3)31/h10-15,28,31H,6-9H2,1-5H3,(H2,25,26,27)/b29-21+/t14-,15-. The minimum Gasteiger partial charge on any atom is -0.437 e. The Bertz CT molecular complexity index is 1020. The van der Waals surface area contributed by atoms with Crippen LogP contribution in [0.25, 0.3) is 11.3 Å². The highest BCUT2D eigenvalue weighted by Crippen LogP contribution is 2.45. The summed E-state index contributed by atoms with van der Waals surface area (Å²) in [5.41, 5.74) is 11.5. The maximum atomic E-state index is 9.61. The predicted octanol–water partition coefficient (Wildman–Crippen LogP) is 2.81. The Labute approximate surface area is 190 Å². The first-order valence-electron chi connectivity index (χ1n) is 11.3. The van der Waals surface area contributed by atoms with E-state index in [9.17, 15) is 5.02 Å². The molecule has 2 aliphatic rings. The molecule has 170 valence electrons. The van der Waals surface area contributed by atoms with Crippen LogP contribution in [0, 0.1) is 0 Å². The Morgan fingerprint density at radius 1 is 1.22 bits per heavy atom. The number of rotatable bonds is 5. The smallest absolute Gasteiger partial charge is 0.373 e. The minimum atomic E-state index is -0.494. The summed E-state index contributed by atoms with van der Waals surface area (Å²) in [6.07, 6.45) is 5.78. The quantitative estimate of drug-likeness (QED) is 0.489. The molecule has 0 aliphatic heterocycles. The first-order chi connectivity index (χ1) is 15.2. The van der Waals surface area contributed by atoms with E-state index in [1.165, 1.54) is 6.33 Å². The van der Waals surface area contributed by atoms with E-state index in [0.717, 1.165) is 59.5 Å². The van der Waals surface area contributed by atoms with E-state index < -0.39 is 12.5 Å². The Morgan fingerprint density at radius 2 is 1.94 bits per heavy atom. The Morgan fingerprint density at radius 3 is 2.59 bits per heavy atom. The molecule has 4 N–H and O–H groups in total. The van der Waals surface area contributed by atoms with E-state index in [1.54, 1.807) is 13.9 Å². The van der Waals surface area contributed by atoms with E-state index in [4.69, 9.17) is 10.6 Å². The number of fused-ring (bicyclic) bond motifs is 3. The molecule has 4 rings (SSSR count). The lowest BCUT2D eigenvalue weighted by Gasteiger charge is -2.38. The molecule has 1 fully saturated rings. The molecule has 8 nitrogen and oxygen atoms in total. The van der Waals surface area contributed by atoms with Crippen LogP contribution >= 0.6 is 0 Å². The molecule has 1 aromatic carbocycles. The second-order valence-corrected chi connectivity index (χ2v) is 9.42. The highest BCUT2D eigenvalue weighted by molar-refractivity contribution is 6.45. The van der Waals surface area contributed by atoms with Crippen molar-refractivity contribution >= 4 is 24.3 Å². The van der Waals surface area contributed by atoms with Crippen molar-refractivity contribution < 1.29 is 9.86 Å². The largest absolute Gasteiger partial charge is 0.437 e. The number of nitrogen functional groups attached to an aromatic ring is 1. The third kappa shape index (κ3) is 3.95. The van der Waals surface area contributed by atoms with E-state index in [-0.39, 0.29) is 0 Å². The lowest BCUT2D eigenvalue weighted by molar-refractivity contribution is 0.211. The van der Waals surface area contributed by atoms with Gasteiger partial charge in [-0.05, 0) is 64.5 Å². The Balaban J connectivity index is 1.68. The maximum absolute atomic E-state index is 9.61. The SMILES string of the molecule is CO/N=C1\c2cc(N(C)[C@H]3CC[C@H](NB(C)O)CC3)ccc2-c2ncnc(N)c2C1(C)C. The number of nitrogens with zero attached hydrogens (tertiary/aromatic N) is 4. The van der Waals surface area contributed by atoms with Crippen molar-refractivity contribution in [2.24, 2.45) is 5.16 Å². The summed E-state index contributed by atoms with van der Waals surface area (Å²) in [5.74, 6) is 0.471. The van der Waals surface area contributed by atoms with E-state index in [0.29, 0.717) is 17.9 Å². The summed E-state index contributed by atoms with van der Waals surface area (Å²) in [6, 6.07) is 7.27. The molecule has 2 aliphatic carbocycles. The molecule has 0 radical (unpaired) electrons. The van der Waals surface area contributed by atoms with Gasteiger partial charge >= 0.3 is 7.05 Å². The molecule has 0 bridgehead atoms. The number of benzene rings is 1. The van der Waals surface area contributed by atoms with E-state index in [1.807, 2.05) is 0 Å². The summed E-state index contributed by atoms with van der Waals surface area (Å²) in [6.45, 7) is 5.95. The van der Waals surface area contributed by atoms with Crippen LogP contribution in [0.2, 0.25) is 6.82 Å². The highest BCUT2D eigenvalue weighted by Gasteiger charge is 2.41. The van der Waals surface area contributed by atoms with Gasteiger partial charge in [-0.2, -0.15) is 0 Å². The van der Waals surface area contributed by atoms with Crippen molar-refractivity contribution in [3.8, 4) is 11.3 Å². The zero-order valence-electron chi connectivity index (χ0n) is 19.6. The zero-order valence-corrected chi connectivity index (χ0v) is 19.6. The molecule has 0 saturated heterocycles. The molecular weight excluding hydrogens is 403 g/mol. The van der Waals surface area contributed by atoms with E-state index >= 15 is 0 Å². The lowest BCUT2D eigenvalue weighted by atomic mass is 9.70. The molecule has 0 atom stereocenters. The third-order valence-electron chi connectivity index (χ3n) is 6.92. The van der Waals surface area contributed by atoms with Crippen molar-refractivity contribution in [3.63, 3.8) is 0 Å². The number of oxime groups is 1. The second-order valence-electron chi connectivity index (χ2n) is 9.42.